The smallest absolute Gasteiger partial charge is 0.340 e. The van der Waals surface area contributed by atoms with Gasteiger partial charge in [-0.15, -0.1) is 0 Å². The van der Waals surface area contributed by atoms with Gasteiger partial charge in [0.1, 0.15) is 0 Å². The van der Waals surface area contributed by atoms with Gasteiger partial charge < -0.3 is 14.5 Å². The summed E-state index contributed by atoms with van der Waals surface area (Å²) >= 11 is 0. The Labute approximate surface area is 145 Å². The van der Waals surface area contributed by atoms with Gasteiger partial charge in [0.25, 0.3) is 0 Å². The Bertz CT molecular complexity index is 536. The minimum atomic E-state index is -4.50. The molecule has 0 saturated heterocycles. The molecule has 0 radical (unpaired) electrons. The van der Waals surface area contributed by atoms with Crippen molar-refractivity contribution in [3.8, 4) is 0 Å². The van der Waals surface area contributed by atoms with Crippen LogP contribution in [0.2, 0.25) is 0 Å². The van der Waals surface area contributed by atoms with Crippen molar-refractivity contribution in [3.63, 3.8) is 0 Å². The summed E-state index contributed by atoms with van der Waals surface area (Å²) in [6.07, 6.45) is 9.88. The molecule has 5 nitrogen and oxygen atoms in total. The van der Waals surface area contributed by atoms with E-state index in [2.05, 4.69) is 37.7 Å². The van der Waals surface area contributed by atoms with E-state index in [1.807, 2.05) is 6.92 Å². The van der Waals surface area contributed by atoms with Crippen molar-refractivity contribution in [2.75, 3.05) is 7.11 Å². The average molecular weight is 358 g/mol. The summed E-state index contributed by atoms with van der Waals surface area (Å²) in [4.78, 5) is 29.9. The normalized spacial score (nSPS) is 14.3. The molecule has 0 aromatic rings. The molecule has 0 rings (SSSR count). The fourth-order valence-electron chi connectivity index (χ4n) is 2.16. The van der Waals surface area contributed by atoms with Gasteiger partial charge in [-0.25, -0.2) is 0 Å². The van der Waals surface area contributed by atoms with E-state index >= 15 is 0 Å². The molecule has 2 N–H and O–H groups in total. The van der Waals surface area contributed by atoms with Crippen LogP contribution in [0, 0.1) is 0 Å². The van der Waals surface area contributed by atoms with E-state index in [-0.39, 0.29) is 6.42 Å². The van der Waals surface area contributed by atoms with E-state index in [4.69, 9.17) is 0 Å². The van der Waals surface area contributed by atoms with Gasteiger partial charge in [-0.2, -0.15) is 0 Å². The second-order valence-electron chi connectivity index (χ2n) is 6.32. The first-order valence-corrected chi connectivity index (χ1v) is 9.83. The maximum absolute atomic E-state index is 11.5. The third-order valence-corrected chi connectivity index (χ3v) is 4.93. The number of ether oxygens (including phenoxy) is 1. The van der Waals surface area contributed by atoms with Crippen LogP contribution >= 0.6 is 7.60 Å². The number of hydrogen-bond donors (Lipinski definition) is 2. The molecule has 0 amide bonds. The summed E-state index contributed by atoms with van der Waals surface area (Å²) in [6, 6.07) is 0. The van der Waals surface area contributed by atoms with Crippen molar-refractivity contribution in [2.24, 2.45) is 0 Å². The van der Waals surface area contributed by atoms with Gasteiger partial charge in [0.2, 0.25) is 0 Å². The summed E-state index contributed by atoms with van der Waals surface area (Å²) in [5, 5.41) is 0. The topological polar surface area (TPSA) is 83.8 Å². The first-order chi connectivity index (χ1) is 11.1. The van der Waals surface area contributed by atoms with Gasteiger partial charge in [0.05, 0.1) is 7.11 Å². The van der Waals surface area contributed by atoms with Crippen LogP contribution in [0.15, 0.2) is 34.9 Å². The highest BCUT2D eigenvalue weighted by Crippen LogP contribution is 2.43. The van der Waals surface area contributed by atoms with Crippen LogP contribution in [0.5, 0.6) is 0 Å². The van der Waals surface area contributed by atoms with Crippen molar-refractivity contribution in [3.05, 3.63) is 34.9 Å². The zero-order valence-corrected chi connectivity index (χ0v) is 16.3. The third kappa shape index (κ3) is 10.6. The van der Waals surface area contributed by atoms with Crippen LogP contribution in [-0.4, -0.2) is 28.5 Å². The first-order valence-electron chi connectivity index (χ1n) is 8.15. The van der Waals surface area contributed by atoms with E-state index < -0.39 is 19.2 Å². The number of carbonyl (C=O) groups excluding carboxylic acids is 1. The fraction of sp³-hybridized carbons (Fsp3) is 0.611. The second kappa shape index (κ2) is 11.4. The highest BCUT2D eigenvalue weighted by molar-refractivity contribution is 7.53. The molecule has 24 heavy (non-hydrogen) atoms. The molecule has 0 aliphatic carbocycles. The number of esters is 1. The van der Waals surface area contributed by atoms with Crippen molar-refractivity contribution in [1.82, 2.24) is 0 Å². The fourth-order valence-corrected chi connectivity index (χ4v) is 2.92. The Morgan fingerprint density at radius 3 is 1.96 bits per heavy atom. The predicted molar refractivity (Wildman–Crippen MR) is 97.9 cm³/mol. The molecule has 0 bridgehead atoms. The van der Waals surface area contributed by atoms with Crippen LogP contribution in [0.25, 0.3) is 0 Å². The van der Waals surface area contributed by atoms with Gasteiger partial charge in [-0.05, 0) is 59.8 Å². The molecular weight excluding hydrogens is 327 g/mol. The Morgan fingerprint density at radius 1 is 1.00 bits per heavy atom. The largest absolute Gasteiger partial charge is 0.468 e. The number of carbonyl (C=O) groups is 1. The highest BCUT2D eigenvalue weighted by Gasteiger charge is 2.35. The molecule has 1 unspecified atom stereocenters. The lowest BCUT2D eigenvalue weighted by Crippen LogP contribution is -2.21. The molecule has 0 fully saturated rings. The van der Waals surface area contributed by atoms with Gasteiger partial charge in [-0.1, -0.05) is 34.9 Å². The van der Waals surface area contributed by atoms with Gasteiger partial charge in [-0.3, -0.25) is 9.36 Å². The summed E-state index contributed by atoms with van der Waals surface area (Å²) in [5.41, 5.74) is 2.25. The second-order valence-corrected chi connectivity index (χ2v) is 8.13. The molecule has 0 spiro atoms. The van der Waals surface area contributed by atoms with Crippen molar-refractivity contribution >= 4 is 13.6 Å². The monoisotopic (exact) mass is 358 g/mol. The van der Waals surface area contributed by atoms with E-state index in [1.54, 1.807) is 6.08 Å². The number of allylic oxidation sites excluding steroid dienone is 6. The summed E-state index contributed by atoms with van der Waals surface area (Å²) in [6.45, 7) is 8.19. The maximum Gasteiger partial charge on any atom is 0.340 e. The van der Waals surface area contributed by atoms with E-state index in [9.17, 15) is 19.1 Å². The summed E-state index contributed by atoms with van der Waals surface area (Å²) < 4.78 is 15.8. The zero-order valence-electron chi connectivity index (χ0n) is 15.4. The van der Waals surface area contributed by atoms with Gasteiger partial charge in [0, 0.05) is 0 Å². The summed E-state index contributed by atoms with van der Waals surface area (Å²) in [7, 11) is -3.37. The first kappa shape index (κ1) is 22.8. The molecule has 6 heteroatoms. The zero-order chi connectivity index (χ0) is 18.8. The quantitative estimate of drug-likeness (QED) is 0.341. The number of hydrogen-bond acceptors (Lipinski definition) is 3. The lowest BCUT2D eigenvalue weighted by Gasteiger charge is -2.14. The standard InChI is InChI=1S/C18H31O5P/c1-14(2)8-6-9-15(3)10-7-11-16(4)12-13-17(18(19)23-5)24(20,21)22/h8,10,12,17H,6-7,9,11,13H2,1-5H3,(H2,20,21,22)/b15-10+,16-12+. The Morgan fingerprint density at radius 2 is 1.50 bits per heavy atom. The Balaban J connectivity index is 4.47. The molecule has 0 saturated carbocycles. The van der Waals surface area contributed by atoms with Crippen molar-refractivity contribution in [2.45, 2.75) is 65.5 Å². The molecule has 1 atom stereocenters. The minimum Gasteiger partial charge on any atom is -0.468 e. The Hall–Kier alpha value is -1.16. The molecule has 0 heterocycles. The maximum atomic E-state index is 11.5. The SMILES string of the molecule is COC(=O)C(C/C=C(\C)CC/C=C(\C)CCC=C(C)C)P(=O)(O)O. The average Bonchev–Trinajstić information content (AvgIpc) is 2.45. The molecule has 0 aromatic carbocycles. The van der Waals surface area contributed by atoms with E-state index in [1.165, 1.54) is 11.1 Å². The van der Waals surface area contributed by atoms with Crippen molar-refractivity contribution in [1.29, 1.82) is 0 Å². The van der Waals surface area contributed by atoms with Crippen molar-refractivity contribution < 1.29 is 23.9 Å². The minimum absolute atomic E-state index is 0.00788. The summed E-state index contributed by atoms with van der Waals surface area (Å²) in [5.74, 6) is -0.873. The van der Waals surface area contributed by atoms with Crippen LogP contribution in [0.3, 0.4) is 0 Å². The van der Waals surface area contributed by atoms with Gasteiger partial charge in [0.15, 0.2) is 5.66 Å². The van der Waals surface area contributed by atoms with E-state index in [0.717, 1.165) is 38.4 Å². The molecule has 0 aromatic heterocycles. The Kier molecular flexibility index (Phi) is 10.9. The highest BCUT2D eigenvalue weighted by atomic mass is 31.2. The molecule has 0 aliphatic heterocycles. The van der Waals surface area contributed by atoms with Crippen LogP contribution < -0.4 is 0 Å². The number of methoxy groups -OCH3 is 1. The predicted octanol–water partition coefficient (Wildman–Crippen LogP) is 4.52. The number of rotatable bonds is 10. The molecule has 138 valence electrons. The lowest BCUT2D eigenvalue weighted by atomic mass is 10.1. The van der Waals surface area contributed by atoms with Crippen LogP contribution in [0.1, 0.15) is 59.8 Å². The van der Waals surface area contributed by atoms with Crippen LogP contribution in [-0.2, 0) is 14.1 Å². The van der Waals surface area contributed by atoms with Gasteiger partial charge >= 0.3 is 13.6 Å². The lowest BCUT2D eigenvalue weighted by molar-refractivity contribution is -0.140. The molecular formula is C18H31O5P. The molecule has 0 aliphatic rings. The third-order valence-electron chi connectivity index (χ3n) is 3.69. The van der Waals surface area contributed by atoms with Crippen LogP contribution in [0.4, 0.5) is 0 Å². The van der Waals surface area contributed by atoms with E-state index in [0.29, 0.717) is 0 Å².